The lowest BCUT2D eigenvalue weighted by molar-refractivity contribution is 0.566. The molecule has 2 rings (SSSR count). The molecule has 2 aromatic rings. The van der Waals surface area contributed by atoms with Gasteiger partial charge in [0, 0.05) is 11.1 Å². The molecule has 1 N–H and O–H groups in total. The first-order chi connectivity index (χ1) is 9.81. The minimum atomic E-state index is -3.82. The number of rotatable bonds is 4. The summed E-state index contributed by atoms with van der Waals surface area (Å²) in [6.07, 6.45) is 0. The van der Waals surface area contributed by atoms with Crippen molar-refractivity contribution in [2.45, 2.75) is 17.9 Å². The maximum atomic E-state index is 13.1. The molecule has 112 valence electrons. The van der Waals surface area contributed by atoms with E-state index in [9.17, 15) is 12.8 Å². The van der Waals surface area contributed by atoms with Crippen LogP contribution in [0, 0.1) is 5.82 Å². The maximum Gasteiger partial charge on any atom is 0.241 e. The maximum absolute atomic E-state index is 13.1. The van der Waals surface area contributed by atoms with Gasteiger partial charge >= 0.3 is 0 Å². The van der Waals surface area contributed by atoms with Gasteiger partial charge in [0.1, 0.15) is 5.82 Å². The third kappa shape index (κ3) is 3.74. The Balaban J connectivity index is 2.29. The van der Waals surface area contributed by atoms with Gasteiger partial charge in [0.05, 0.1) is 9.92 Å². The van der Waals surface area contributed by atoms with Crippen molar-refractivity contribution in [1.82, 2.24) is 4.72 Å². The molecule has 0 saturated carbocycles. The summed E-state index contributed by atoms with van der Waals surface area (Å²) >= 11 is 11.6. The summed E-state index contributed by atoms with van der Waals surface area (Å²) in [4.78, 5) is -0.104. The lowest BCUT2D eigenvalue weighted by Gasteiger charge is -2.16. The minimum absolute atomic E-state index is 0.104. The largest absolute Gasteiger partial charge is 0.241 e. The summed E-state index contributed by atoms with van der Waals surface area (Å²) in [5, 5.41) is 0.216. The van der Waals surface area contributed by atoms with Crippen LogP contribution in [-0.2, 0) is 10.0 Å². The molecule has 0 aliphatic carbocycles. The molecule has 0 radical (unpaired) electrons. The zero-order valence-electron chi connectivity index (χ0n) is 11.0. The van der Waals surface area contributed by atoms with Gasteiger partial charge in [-0.3, -0.25) is 0 Å². The second-order valence-electron chi connectivity index (χ2n) is 4.44. The second-order valence-corrected chi connectivity index (χ2v) is 6.97. The normalized spacial score (nSPS) is 13.1. The van der Waals surface area contributed by atoms with Gasteiger partial charge in [0.15, 0.2) is 0 Å². The third-order valence-corrected chi connectivity index (χ3v) is 5.08. The molecule has 2 aromatic carbocycles. The van der Waals surface area contributed by atoms with Gasteiger partial charge in [-0.05, 0) is 36.8 Å². The Labute approximate surface area is 132 Å². The quantitative estimate of drug-likeness (QED) is 0.901. The van der Waals surface area contributed by atoms with Crippen LogP contribution in [0.5, 0.6) is 0 Å². The van der Waals surface area contributed by atoms with Crippen LogP contribution in [0.1, 0.15) is 18.5 Å². The fourth-order valence-electron chi connectivity index (χ4n) is 1.83. The van der Waals surface area contributed by atoms with E-state index in [1.165, 1.54) is 0 Å². The topological polar surface area (TPSA) is 46.2 Å². The highest BCUT2D eigenvalue weighted by Gasteiger charge is 2.20. The van der Waals surface area contributed by atoms with E-state index in [4.69, 9.17) is 23.2 Å². The third-order valence-electron chi connectivity index (χ3n) is 2.91. The lowest BCUT2D eigenvalue weighted by Crippen LogP contribution is -2.27. The molecule has 0 aliphatic heterocycles. The van der Waals surface area contributed by atoms with E-state index in [1.54, 1.807) is 31.2 Å². The Morgan fingerprint density at radius 3 is 2.38 bits per heavy atom. The highest BCUT2D eigenvalue weighted by molar-refractivity contribution is 7.89. The number of hydrogen-bond acceptors (Lipinski definition) is 2. The average Bonchev–Trinajstić information content (AvgIpc) is 2.41. The molecule has 0 unspecified atom stereocenters. The van der Waals surface area contributed by atoms with Crippen molar-refractivity contribution in [2.24, 2.45) is 0 Å². The van der Waals surface area contributed by atoms with Crippen LogP contribution in [0.2, 0.25) is 10.0 Å². The summed E-state index contributed by atoms with van der Waals surface area (Å²) < 4.78 is 40.1. The Kier molecular flexibility index (Phi) is 4.88. The summed E-state index contributed by atoms with van der Waals surface area (Å²) in [5.41, 5.74) is 0.649. The molecule has 7 heteroatoms. The molecule has 3 nitrogen and oxygen atoms in total. The Bertz CT molecular complexity index is 765. The summed E-state index contributed by atoms with van der Waals surface area (Å²) in [5.74, 6) is -0.672. The zero-order valence-corrected chi connectivity index (χ0v) is 13.3. The monoisotopic (exact) mass is 347 g/mol. The van der Waals surface area contributed by atoms with Crippen molar-refractivity contribution < 1.29 is 12.8 Å². The van der Waals surface area contributed by atoms with Crippen molar-refractivity contribution in [3.8, 4) is 0 Å². The van der Waals surface area contributed by atoms with Crippen LogP contribution in [0.3, 0.4) is 0 Å². The van der Waals surface area contributed by atoms with Gasteiger partial charge in [-0.15, -0.1) is 0 Å². The Morgan fingerprint density at radius 1 is 1.10 bits per heavy atom. The van der Waals surface area contributed by atoms with E-state index in [0.29, 0.717) is 10.6 Å². The molecule has 0 aliphatic rings. The molecule has 0 fully saturated rings. The molecule has 0 saturated heterocycles. The van der Waals surface area contributed by atoms with E-state index in [-0.39, 0.29) is 9.92 Å². The van der Waals surface area contributed by atoms with E-state index in [1.807, 2.05) is 0 Å². The predicted molar refractivity (Wildman–Crippen MR) is 81.6 cm³/mol. The number of sulfonamides is 1. The highest BCUT2D eigenvalue weighted by Crippen LogP contribution is 2.25. The molecular weight excluding hydrogens is 336 g/mol. The van der Waals surface area contributed by atoms with Crippen LogP contribution >= 0.6 is 23.2 Å². The first-order valence-corrected chi connectivity index (χ1v) is 8.27. The Morgan fingerprint density at radius 2 is 1.76 bits per heavy atom. The van der Waals surface area contributed by atoms with E-state index in [0.717, 1.165) is 18.2 Å². The SMILES string of the molecule is C[C@@H](NS(=O)(=O)c1ccc(F)c(Cl)c1)c1ccccc1Cl. The molecule has 0 aromatic heterocycles. The van der Waals surface area contributed by atoms with E-state index >= 15 is 0 Å². The van der Waals surface area contributed by atoms with Crippen molar-refractivity contribution in [3.05, 3.63) is 63.9 Å². The fourth-order valence-corrected chi connectivity index (χ4v) is 3.63. The average molecular weight is 348 g/mol. The van der Waals surface area contributed by atoms with Gasteiger partial charge < -0.3 is 0 Å². The number of nitrogens with one attached hydrogen (secondary N) is 1. The number of hydrogen-bond donors (Lipinski definition) is 1. The van der Waals surface area contributed by atoms with Crippen molar-refractivity contribution in [1.29, 1.82) is 0 Å². The molecule has 1 atom stereocenters. The predicted octanol–water partition coefficient (Wildman–Crippen LogP) is 4.17. The number of benzene rings is 2. The molecule has 0 bridgehead atoms. The Hall–Kier alpha value is -1.14. The van der Waals surface area contributed by atoms with Gasteiger partial charge in [-0.1, -0.05) is 41.4 Å². The molecule has 0 amide bonds. The molecule has 0 heterocycles. The standard InChI is InChI=1S/C14H12Cl2FNO2S/c1-9(11-4-2-3-5-12(11)15)18-21(19,20)10-6-7-14(17)13(16)8-10/h2-9,18H,1H3/t9-/m1/s1. The fraction of sp³-hybridized carbons (Fsp3) is 0.143. The van der Waals surface area contributed by atoms with Gasteiger partial charge in [0.25, 0.3) is 0 Å². The number of halogens is 3. The molecule has 21 heavy (non-hydrogen) atoms. The van der Waals surface area contributed by atoms with Crippen LogP contribution in [0.4, 0.5) is 4.39 Å². The van der Waals surface area contributed by atoms with E-state index < -0.39 is 21.9 Å². The van der Waals surface area contributed by atoms with Crippen molar-refractivity contribution in [3.63, 3.8) is 0 Å². The van der Waals surface area contributed by atoms with Crippen LogP contribution in [0.25, 0.3) is 0 Å². The first kappa shape index (κ1) is 16.2. The first-order valence-electron chi connectivity index (χ1n) is 6.03. The summed E-state index contributed by atoms with van der Waals surface area (Å²) in [6, 6.07) is 9.63. The lowest BCUT2D eigenvalue weighted by atomic mass is 10.1. The highest BCUT2D eigenvalue weighted by atomic mass is 35.5. The second kappa shape index (κ2) is 6.32. The van der Waals surface area contributed by atoms with Gasteiger partial charge in [-0.2, -0.15) is 0 Å². The van der Waals surface area contributed by atoms with Crippen LogP contribution in [0.15, 0.2) is 47.4 Å². The van der Waals surface area contributed by atoms with Gasteiger partial charge in [0.2, 0.25) is 10.0 Å². The zero-order chi connectivity index (χ0) is 15.6. The van der Waals surface area contributed by atoms with E-state index in [2.05, 4.69) is 4.72 Å². The van der Waals surface area contributed by atoms with Gasteiger partial charge in [-0.25, -0.2) is 17.5 Å². The van der Waals surface area contributed by atoms with Crippen LogP contribution < -0.4 is 4.72 Å². The smallest absolute Gasteiger partial charge is 0.207 e. The van der Waals surface area contributed by atoms with Crippen LogP contribution in [-0.4, -0.2) is 8.42 Å². The molecule has 0 spiro atoms. The molecular formula is C14H12Cl2FNO2S. The summed E-state index contributed by atoms with van der Waals surface area (Å²) in [7, 11) is -3.82. The van der Waals surface area contributed by atoms with Crippen molar-refractivity contribution in [2.75, 3.05) is 0 Å². The van der Waals surface area contributed by atoms with Crippen molar-refractivity contribution >= 4 is 33.2 Å². The minimum Gasteiger partial charge on any atom is -0.207 e. The summed E-state index contributed by atoms with van der Waals surface area (Å²) in [6.45, 7) is 1.67.